The first-order chi connectivity index (χ1) is 6.93. The Morgan fingerprint density at radius 3 is 2.33 bits per heavy atom. The van der Waals surface area contributed by atoms with Gasteiger partial charge in [0.2, 0.25) is 0 Å². The second kappa shape index (κ2) is 6.39. The van der Waals surface area contributed by atoms with Crippen molar-refractivity contribution in [2.75, 3.05) is 13.4 Å². The molecule has 0 aromatic rings. The Morgan fingerprint density at radius 1 is 1.53 bits per heavy atom. The quantitative estimate of drug-likeness (QED) is 0.438. The number of nitrogens with zero attached hydrogens (tertiary/aromatic N) is 2. The fourth-order valence-corrected chi connectivity index (χ4v) is 1.41. The smallest absolute Gasteiger partial charge is 0.431 e. The zero-order chi connectivity index (χ0) is 12.0. The molecule has 2 atom stereocenters. The van der Waals surface area contributed by atoms with Gasteiger partial charge in [-0.25, -0.2) is 4.79 Å². The Morgan fingerprint density at radius 2 is 2.07 bits per heavy atom. The molecular weight excluding hydrogens is 220 g/mol. The van der Waals surface area contributed by atoms with Crippen molar-refractivity contribution in [2.24, 2.45) is 10.4 Å². The van der Waals surface area contributed by atoms with Crippen LogP contribution in [0.2, 0.25) is 0 Å². The van der Waals surface area contributed by atoms with Gasteiger partial charge in [0.05, 0.1) is 17.7 Å². The highest BCUT2D eigenvalue weighted by molar-refractivity contribution is 7.74. The van der Waals surface area contributed by atoms with Crippen LogP contribution in [0.3, 0.4) is 0 Å². The van der Waals surface area contributed by atoms with Gasteiger partial charge in [0.1, 0.15) is 12.3 Å². The molecule has 0 radical (unpaired) electrons. The lowest BCUT2D eigenvalue weighted by molar-refractivity contribution is -0.113. The van der Waals surface area contributed by atoms with Crippen LogP contribution < -0.4 is 0 Å². The maximum Gasteiger partial charge on any atom is 0.431 e. The molecule has 0 saturated heterocycles. The molecule has 88 valence electrons. The van der Waals surface area contributed by atoms with E-state index >= 15 is 0 Å². The minimum absolute atomic E-state index is 0.125. The van der Waals surface area contributed by atoms with Crippen LogP contribution in [-0.2, 0) is 20.1 Å². The summed E-state index contributed by atoms with van der Waals surface area (Å²) in [5.74, 6) is -0.125. The molecule has 7 heteroatoms. The highest BCUT2D eigenvalue weighted by atomic mass is 32.2. The Labute approximate surface area is 90.8 Å². The number of methoxy groups -OCH3 is 1. The molecule has 1 amide bonds. The number of hydrogen-bond donors (Lipinski definition) is 1. The van der Waals surface area contributed by atoms with Crippen LogP contribution >= 0.6 is 0 Å². The summed E-state index contributed by atoms with van der Waals surface area (Å²) < 4.78 is 19.0. The summed E-state index contributed by atoms with van der Waals surface area (Å²) in [6, 6.07) is -0.753. The highest BCUT2D eigenvalue weighted by Gasteiger charge is 2.26. The van der Waals surface area contributed by atoms with Crippen LogP contribution in [0.15, 0.2) is 4.47 Å². The van der Waals surface area contributed by atoms with E-state index in [9.17, 15) is 13.8 Å². The predicted molar refractivity (Wildman–Crippen MR) is 56.8 cm³/mol. The van der Waals surface area contributed by atoms with Crippen molar-refractivity contribution in [3.05, 3.63) is 0 Å². The maximum absolute atomic E-state index is 11.3. The van der Waals surface area contributed by atoms with Gasteiger partial charge in [0, 0.05) is 6.26 Å². The molecule has 0 bridgehead atoms. The molecule has 0 aromatic carbocycles. The zero-order valence-electron chi connectivity index (χ0n) is 9.21. The van der Waals surface area contributed by atoms with Crippen LogP contribution in [0, 0.1) is 5.92 Å². The molecule has 0 aromatic heterocycles. The highest BCUT2D eigenvalue weighted by Crippen LogP contribution is 2.10. The second-order valence-corrected chi connectivity index (χ2v) is 4.35. The molecular formula is C8H16N2O4S. The lowest BCUT2D eigenvalue weighted by Gasteiger charge is -2.23. The molecule has 0 aliphatic rings. The Bertz CT molecular complexity index is 310. The monoisotopic (exact) mass is 236 g/mol. The Kier molecular flexibility index (Phi) is 5.92. The van der Waals surface area contributed by atoms with E-state index in [1.165, 1.54) is 13.4 Å². The van der Waals surface area contributed by atoms with Crippen molar-refractivity contribution >= 4 is 23.0 Å². The molecule has 0 aliphatic carbocycles. The third-order valence-electron chi connectivity index (χ3n) is 1.69. The average molecular weight is 236 g/mol. The van der Waals surface area contributed by atoms with E-state index in [-0.39, 0.29) is 5.92 Å². The number of carbonyl (C=O) groups is 2. The first-order valence-electron chi connectivity index (χ1n) is 4.39. The van der Waals surface area contributed by atoms with Crippen LogP contribution in [-0.4, -0.2) is 41.0 Å². The van der Waals surface area contributed by atoms with Gasteiger partial charge in [-0.3, -0.25) is 4.21 Å². The van der Waals surface area contributed by atoms with Gasteiger partial charge in [-0.1, -0.05) is 13.8 Å². The minimum atomic E-state index is -1.90. The summed E-state index contributed by atoms with van der Waals surface area (Å²) >= 11 is 0. The van der Waals surface area contributed by atoms with Gasteiger partial charge in [-0.05, 0) is 5.92 Å². The molecule has 0 fully saturated rings. The van der Waals surface area contributed by atoms with Crippen LogP contribution in [0.1, 0.15) is 13.8 Å². The number of carbonyl (C=O) groups excluding carboxylic acids is 2. The van der Waals surface area contributed by atoms with Crippen molar-refractivity contribution in [2.45, 2.75) is 19.9 Å². The van der Waals surface area contributed by atoms with Gasteiger partial charge in [0.15, 0.2) is 0 Å². The van der Waals surface area contributed by atoms with Gasteiger partial charge < -0.3 is 9.53 Å². The number of ether oxygens (including phenoxy) is 1. The lowest BCUT2D eigenvalue weighted by atomic mass is 10.1. The number of hydrogen-bond acceptors (Lipinski definition) is 5. The van der Waals surface area contributed by atoms with E-state index in [1.807, 2.05) is 0 Å². The number of aldehydes is 1. The molecule has 15 heavy (non-hydrogen) atoms. The lowest BCUT2D eigenvalue weighted by Crippen LogP contribution is -2.40. The predicted octanol–water partition coefficient (Wildman–Crippen LogP) is 0.488. The van der Waals surface area contributed by atoms with Crippen molar-refractivity contribution in [3.63, 3.8) is 0 Å². The third-order valence-corrected chi connectivity index (χ3v) is 2.13. The second-order valence-electron chi connectivity index (χ2n) is 3.24. The molecule has 0 spiro atoms. The van der Waals surface area contributed by atoms with Gasteiger partial charge in [0.25, 0.3) is 0 Å². The van der Waals surface area contributed by atoms with Crippen LogP contribution in [0.5, 0.6) is 0 Å². The first kappa shape index (κ1) is 13.9. The number of thiol groups is 1. The molecule has 0 saturated carbocycles. The number of amides is 1. The SMILES string of the molecule is COC(=O)N(/N=[SH](/C)=O)C(C=O)C(C)C. The molecule has 2 unspecified atom stereocenters. The van der Waals surface area contributed by atoms with Gasteiger partial charge >= 0.3 is 6.09 Å². The molecule has 0 heterocycles. The fourth-order valence-electron chi connectivity index (χ4n) is 0.944. The number of rotatable bonds is 4. The minimum Gasteiger partial charge on any atom is -0.451 e. The zero-order valence-corrected chi connectivity index (χ0v) is 10.1. The first-order valence-corrected chi connectivity index (χ1v) is 6.04. The summed E-state index contributed by atoms with van der Waals surface area (Å²) in [4.78, 5) is 22.1. The van der Waals surface area contributed by atoms with Crippen molar-refractivity contribution in [1.29, 1.82) is 0 Å². The molecule has 0 N–H and O–H groups in total. The largest absolute Gasteiger partial charge is 0.451 e. The summed E-state index contributed by atoms with van der Waals surface area (Å²) in [6.07, 6.45) is 1.14. The topological polar surface area (TPSA) is 76.0 Å². The van der Waals surface area contributed by atoms with E-state index in [4.69, 9.17) is 0 Å². The van der Waals surface area contributed by atoms with E-state index in [2.05, 4.69) is 9.21 Å². The van der Waals surface area contributed by atoms with E-state index in [0.717, 1.165) is 5.01 Å². The Balaban J connectivity index is 5.07. The van der Waals surface area contributed by atoms with Crippen LogP contribution in [0.25, 0.3) is 0 Å². The van der Waals surface area contributed by atoms with Crippen LogP contribution in [0.4, 0.5) is 4.79 Å². The van der Waals surface area contributed by atoms with E-state index < -0.39 is 22.7 Å². The Hall–Kier alpha value is -1.11. The average Bonchev–Trinajstić information content (AvgIpc) is 2.15. The fraction of sp³-hybridized carbons (Fsp3) is 0.750. The molecule has 6 nitrogen and oxygen atoms in total. The summed E-state index contributed by atoms with van der Waals surface area (Å²) in [5, 5.41) is 0.830. The standard InChI is InChI=1S/C8H16N2O4S/c1-6(2)7(5-11)10(8(12)14-3)9-15(4)13/h5-7,15H,1-4H3. The molecule has 0 rings (SSSR count). The van der Waals surface area contributed by atoms with Crippen molar-refractivity contribution in [1.82, 2.24) is 5.01 Å². The van der Waals surface area contributed by atoms with Gasteiger partial charge in [-0.15, -0.1) is 4.47 Å². The third kappa shape index (κ3) is 4.28. The van der Waals surface area contributed by atoms with Crippen molar-refractivity contribution < 1.29 is 18.5 Å². The summed E-state index contributed by atoms with van der Waals surface area (Å²) in [7, 11) is -0.723. The van der Waals surface area contributed by atoms with Crippen molar-refractivity contribution in [3.8, 4) is 0 Å². The van der Waals surface area contributed by atoms with Gasteiger partial charge in [-0.2, -0.15) is 5.01 Å². The van der Waals surface area contributed by atoms with E-state index in [1.54, 1.807) is 13.8 Å². The normalized spacial score (nSPS) is 14.7. The summed E-state index contributed by atoms with van der Waals surface area (Å²) in [6.45, 7) is 3.51. The maximum atomic E-state index is 11.3. The van der Waals surface area contributed by atoms with E-state index in [0.29, 0.717) is 6.29 Å². The molecule has 0 aliphatic heterocycles. The summed E-state index contributed by atoms with van der Waals surface area (Å²) in [5.41, 5.74) is 0.